The molecule has 2 rings (SSSR count). The molecule has 31 nitrogen and oxygen atoms in total. The van der Waals surface area contributed by atoms with Gasteiger partial charge in [-0.3, -0.25) is 71.9 Å². The Bertz CT molecular complexity index is 2280. The van der Waals surface area contributed by atoms with Crippen molar-refractivity contribution in [2.75, 3.05) is 32.7 Å². The zero-order valence-electron chi connectivity index (χ0n) is 44.5. The van der Waals surface area contributed by atoms with Crippen LogP contribution in [-0.2, 0) is 71.9 Å². The summed E-state index contributed by atoms with van der Waals surface area (Å²) in [5, 5.41) is 58.8. The van der Waals surface area contributed by atoms with Crippen LogP contribution >= 0.6 is 0 Å². The van der Waals surface area contributed by atoms with Gasteiger partial charge in [0.25, 0.3) is 0 Å². The van der Waals surface area contributed by atoms with Crippen LogP contribution in [0.25, 0.3) is 0 Å². The number of carbonyl (C=O) groups excluding carboxylic acids is 11. The molecule has 2 fully saturated rings. The molecular formula is C47H74N12O19. The number of carbonyl (C=O) groups is 15. The van der Waals surface area contributed by atoms with Crippen LogP contribution in [0.2, 0.25) is 0 Å². The number of unbranched alkanes of at least 4 members (excludes halogenated alkanes) is 2. The van der Waals surface area contributed by atoms with E-state index in [1.54, 1.807) is 13.8 Å². The van der Waals surface area contributed by atoms with Crippen LogP contribution in [0.3, 0.4) is 0 Å². The van der Waals surface area contributed by atoms with E-state index in [1.165, 1.54) is 25.7 Å². The maximum absolute atomic E-state index is 14.7. The molecule has 0 saturated carbocycles. The molecule has 0 aromatic rings. The van der Waals surface area contributed by atoms with Crippen LogP contribution in [0.4, 0.5) is 0 Å². The van der Waals surface area contributed by atoms with Crippen LogP contribution in [-0.4, -0.2) is 206 Å². The molecular weight excluding hydrogens is 1040 g/mol. The van der Waals surface area contributed by atoms with Crippen molar-refractivity contribution in [2.24, 2.45) is 23.5 Å². The van der Waals surface area contributed by atoms with Crippen molar-refractivity contribution in [1.29, 1.82) is 0 Å². The number of nitrogens with two attached hydrogens (primary N) is 1. The maximum atomic E-state index is 14.7. The highest BCUT2D eigenvalue weighted by atomic mass is 16.4. The highest BCUT2D eigenvalue weighted by Crippen LogP contribution is 2.22. The lowest BCUT2D eigenvalue weighted by molar-refractivity contribution is -0.147. The van der Waals surface area contributed by atoms with Gasteiger partial charge in [0, 0.05) is 25.0 Å². The molecule has 11 amide bonds. The summed E-state index contributed by atoms with van der Waals surface area (Å²) in [5.41, 5.74) is 6.07. The first-order chi connectivity index (χ1) is 36.4. The first kappa shape index (κ1) is 66.1. The fraction of sp³-hybridized carbons (Fsp3) is 0.681. The lowest BCUT2D eigenvalue weighted by atomic mass is 10.00. The van der Waals surface area contributed by atoms with Gasteiger partial charge in [-0.25, -0.2) is 0 Å². The number of carboxylic acids is 4. The fourth-order valence-corrected chi connectivity index (χ4v) is 8.18. The Labute approximate surface area is 448 Å². The van der Waals surface area contributed by atoms with Crippen LogP contribution in [0.15, 0.2) is 0 Å². The van der Waals surface area contributed by atoms with Gasteiger partial charge < -0.3 is 83.8 Å². The molecule has 11 unspecified atom stereocenters. The summed E-state index contributed by atoms with van der Waals surface area (Å²) in [4.78, 5) is 201. The van der Waals surface area contributed by atoms with Crippen LogP contribution < -0.4 is 53.6 Å². The number of hydrogen-bond acceptors (Lipinski definition) is 16. The third kappa shape index (κ3) is 20.9. The molecule has 78 heavy (non-hydrogen) atoms. The highest BCUT2D eigenvalue weighted by Gasteiger charge is 2.43. The van der Waals surface area contributed by atoms with Crippen molar-refractivity contribution >= 4 is 88.9 Å². The minimum atomic E-state index is -2.10. The Balaban J connectivity index is 2.80. The van der Waals surface area contributed by atoms with Gasteiger partial charge in [-0.1, -0.05) is 40.5 Å². The van der Waals surface area contributed by atoms with Gasteiger partial charge in [-0.2, -0.15) is 0 Å². The number of hydrogen-bond donors (Lipinski definition) is 14. The molecule has 0 radical (unpaired) electrons. The predicted octanol–water partition coefficient (Wildman–Crippen LogP) is -5.56. The van der Waals surface area contributed by atoms with E-state index in [-0.39, 0.29) is 32.4 Å². The van der Waals surface area contributed by atoms with Gasteiger partial charge in [0.05, 0.1) is 50.9 Å². The van der Waals surface area contributed by atoms with Crippen LogP contribution in [0.5, 0.6) is 0 Å². The maximum Gasteiger partial charge on any atom is 0.308 e. The van der Waals surface area contributed by atoms with Crippen molar-refractivity contribution in [3.8, 4) is 0 Å². The zero-order chi connectivity index (χ0) is 59.3. The van der Waals surface area contributed by atoms with E-state index in [9.17, 15) is 92.3 Å². The quantitative estimate of drug-likeness (QED) is 0.0641. The van der Waals surface area contributed by atoms with Crippen molar-refractivity contribution < 1.29 is 92.3 Å². The second-order valence-electron chi connectivity index (χ2n) is 19.6. The Morgan fingerprint density at radius 1 is 0.641 bits per heavy atom. The average Bonchev–Trinajstić information content (AvgIpc) is 3.85. The van der Waals surface area contributed by atoms with Crippen LogP contribution in [0.1, 0.15) is 99.8 Å². The van der Waals surface area contributed by atoms with Gasteiger partial charge in [0.2, 0.25) is 65.0 Å². The number of nitrogens with zero attached hydrogens (tertiary/aromatic N) is 2. The summed E-state index contributed by atoms with van der Waals surface area (Å²) in [5.74, 6) is -22.2. The van der Waals surface area contributed by atoms with E-state index in [0.29, 0.717) is 12.8 Å². The highest BCUT2D eigenvalue weighted by molar-refractivity contribution is 6.00. The Hall–Kier alpha value is -7.99. The van der Waals surface area contributed by atoms with Gasteiger partial charge in [0.1, 0.15) is 42.3 Å². The molecule has 15 N–H and O–H groups in total. The molecule has 31 heteroatoms. The molecule has 2 saturated heterocycles. The first-order valence-electron chi connectivity index (χ1n) is 25.3. The normalized spacial score (nSPS) is 25.7. The summed E-state index contributed by atoms with van der Waals surface area (Å²) in [6.07, 6.45) is -1.33. The Morgan fingerprint density at radius 2 is 1.18 bits per heavy atom. The smallest absolute Gasteiger partial charge is 0.308 e. The van der Waals surface area contributed by atoms with Crippen molar-refractivity contribution in [3.63, 3.8) is 0 Å². The molecule has 0 aromatic carbocycles. The molecule has 0 aliphatic carbocycles. The number of carboxylic acid groups (broad SMARTS) is 4. The van der Waals surface area contributed by atoms with Gasteiger partial charge in [-0.05, 0) is 46.0 Å². The molecule has 2 aliphatic rings. The van der Waals surface area contributed by atoms with Crippen molar-refractivity contribution in [2.45, 2.75) is 154 Å². The average molecular weight is 1110 g/mol. The standard InChI is InChI=1S/C47H74N12O19/c1-8-9-10-13-58-20-31(62)55-36(23(5)47(77)78)43(73)53-27(17-34(67)68)41(71)49-18-29(60)52-26(16-33(65)66)40(70)50-19-30(61)54-37(24(6)48)44(74)56-35(21(2)3)46(76)59-14-11-12-28(59)42(72)51-25(7)38(45(58)75)57-39(69)22(4)15-32(63)64/h21-28,35-38H,8-20,48H2,1-7H3,(H,49,71)(H,50,70)(H,51,72)(H,52,60)(H,53,73)(H,54,61)(H,55,62)(H,56,74)(H,57,69)(H,63,64)(H,65,66)(H,67,68)(H,77,78). The van der Waals surface area contributed by atoms with Gasteiger partial charge in [-0.15, -0.1) is 0 Å². The molecule has 0 aromatic heterocycles. The predicted molar refractivity (Wildman–Crippen MR) is 267 cm³/mol. The lowest BCUT2D eigenvalue weighted by Gasteiger charge is -2.34. The summed E-state index contributed by atoms with van der Waals surface area (Å²) in [6, 6.07) is -14.6. The van der Waals surface area contributed by atoms with E-state index in [0.717, 1.165) is 11.8 Å². The topological polar surface area (TPSA) is 478 Å². The molecule has 2 aliphatic heterocycles. The minimum Gasteiger partial charge on any atom is -0.481 e. The van der Waals surface area contributed by atoms with Crippen molar-refractivity contribution in [1.82, 2.24) is 57.7 Å². The first-order valence-corrected chi connectivity index (χ1v) is 25.3. The number of fused-ring (bicyclic) bond motifs is 1. The van der Waals surface area contributed by atoms with Gasteiger partial charge in [0.15, 0.2) is 0 Å². The monoisotopic (exact) mass is 1110 g/mol. The molecule has 11 atom stereocenters. The largest absolute Gasteiger partial charge is 0.481 e. The number of amides is 11. The van der Waals surface area contributed by atoms with E-state index in [4.69, 9.17) is 5.73 Å². The lowest BCUT2D eigenvalue weighted by Crippen LogP contribution is -2.63. The second-order valence-corrected chi connectivity index (χ2v) is 19.6. The third-order valence-corrected chi connectivity index (χ3v) is 12.6. The Morgan fingerprint density at radius 3 is 1.69 bits per heavy atom. The summed E-state index contributed by atoms with van der Waals surface area (Å²) < 4.78 is 0. The second kappa shape index (κ2) is 31.3. The number of rotatable bonds is 16. The molecule has 0 bridgehead atoms. The minimum absolute atomic E-state index is 0.000461. The Kier molecular flexibility index (Phi) is 26.5. The fourth-order valence-electron chi connectivity index (χ4n) is 8.18. The van der Waals surface area contributed by atoms with E-state index >= 15 is 0 Å². The zero-order valence-corrected chi connectivity index (χ0v) is 44.5. The summed E-state index contributed by atoms with van der Waals surface area (Å²) >= 11 is 0. The van der Waals surface area contributed by atoms with Crippen LogP contribution in [0, 0.1) is 17.8 Å². The SMILES string of the molecule is CCCCCN1CC(=O)NC(C(C)C(=O)O)C(=O)NC(CC(=O)O)C(=O)NCC(=O)NC(CC(=O)O)C(=O)NCC(=O)NC(C(C)N)C(=O)NC(C(C)C)C(=O)N2CCCC2C(=O)NC(C)C(NC(=O)C(C)CC(=O)O)C1=O. The van der Waals surface area contributed by atoms with Gasteiger partial charge >= 0.3 is 23.9 Å². The number of nitrogens with one attached hydrogen (secondary N) is 9. The van der Waals surface area contributed by atoms with E-state index in [1.807, 2.05) is 22.9 Å². The summed E-state index contributed by atoms with van der Waals surface area (Å²) in [7, 11) is 0. The van der Waals surface area contributed by atoms with E-state index < -0.39 is 200 Å². The third-order valence-electron chi connectivity index (χ3n) is 12.6. The molecule has 436 valence electrons. The summed E-state index contributed by atoms with van der Waals surface area (Å²) in [6.45, 7) is 6.65. The molecule has 0 spiro atoms. The van der Waals surface area contributed by atoms with Crippen molar-refractivity contribution in [3.05, 3.63) is 0 Å². The molecule has 2 heterocycles. The number of aliphatic carboxylic acids is 4. The van der Waals surface area contributed by atoms with E-state index in [2.05, 4.69) is 31.9 Å².